The van der Waals surface area contributed by atoms with Crippen LogP contribution in [0.15, 0.2) is 59.6 Å². The number of methoxy groups -OCH3 is 2. The van der Waals surface area contributed by atoms with Crippen LogP contribution in [0.5, 0.6) is 23.0 Å². The van der Waals surface area contributed by atoms with Gasteiger partial charge in [0.05, 0.1) is 25.0 Å². The van der Waals surface area contributed by atoms with Gasteiger partial charge in [-0.15, -0.1) is 0 Å². The molecule has 0 spiro atoms. The van der Waals surface area contributed by atoms with Gasteiger partial charge in [0.2, 0.25) is 18.4 Å². The second-order valence-corrected chi connectivity index (χ2v) is 9.55. The first-order chi connectivity index (χ1) is 17.9. The molecule has 1 unspecified atom stereocenters. The molecule has 8 nitrogen and oxygen atoms in total. The highest BCUT2D eigenvalue weighted by atomic mass is 32.2. The molecule has 0 saturated heterocycles. The molecule has 1 amide bonds. The predicted molar refractivity (Wildman–Crippen MR) is 141 cm³/mol. The second-order valence-electron chi connectivity index (χ2n) is 8.70. The lowest BCUT2D eigenvalue weighted by atomic mass is 9.89. The number of hydrogen-bond donors (Lipinski definition) is 1. The molecule has 190 valence electrons. The molecule has 0 aliphatic carbocycles. The summed E-state index contributed by atoms with van der Waals surface area (Å²) in [6.45, 7) is 2.06. The smallest absolute Gasteiger partial charge is 0.242 e. The number of carbonyl (C=O) groups is 2. The van der Waals surface area contributed by atoms with Crippen molar-refractivity contribution in [3.8, 4) is 23.0 Å². The first-order valence-corrected chi connectivity index (χ1v) is 12.4. The molecule has 3 aromatic carbocycles. The quantitative estimate of drug-likeness (QED) is 0.259. The topological polar surface area (TPSA) is 88.0 Å². The molecular weight excluding hydrogens is 492 g/mol. The van der Waals surface area contributed by atoms with Crippen molar-refractivity contribution in [1.82, 2.24) is 9.29 Å². The van der Waals surface area contributed by atoms with E-state index in [0.29, 0.717) is 34.1 Å². The number of carbonyl (C=O) groups excluding carboxylic acids is 2. The fourth-order valence-corrected chi connectivity index (χ4v) is 5.26. The van der Waals surface area contributed by atoms with Gasteiger partial charge in [-0.1, -0.05) is 18.2 Å². The molecule has 1 N–H and O–H groups in total. The van der Waals surface area contributed by atoms with Gasteiger partial charge in [-0.2, -0.15) is 0 Å². The van der Waals surface area contributed by atoms with Crippen molar-refractivity contribution in [2.75, 3.05) is 21.0 Å². The first kappa shape index (κ1) is 24.6. The van der Waals surface area contributed by atoms with E-state index < -0.39 is 5.92 Å². The lowest BCUT2D eigenvalue weighted by Crippen LogP contribution is -2.25. The van der Waals surface area contributed by atoms with Crippen molar-refractivity contribution in [3.63, 3.8) is 0 Å². The molecule has 37 heavy (non-hydrogen) atoms. The van der Waals surface area contributed by atoms with Gasteiger partial charge >= 0.3 is 0 Å². The third kappa shape index (κ3) is 4.58. The van der Waals surface area contributed by atoms with Gasteiger partial charge in [0.1, 0.15) is 12.0 Å². The summed E-state index contributed by atoms with van der Waals surface area (Å²) >= 11 is 1.19. The van der Waals surface area contributed by atoms with Gasteiger partial charge < -0.3 is 23.5 Å². The number of aldehydes is 1. The van der Waals surface area contributed by atoms with E-state index in [1.165, 1.54) is 11.9 Å². The van der Waals surface area contributed by atoms with Crippen molar-refractivity contribution in [2.45, 2.75) is 17.7 Å². The Hall–Kier alpha value is -4.11. The van der Waals surface area contributed by atoms with E-state index in [1.807, 2.05) is 61.1 Å². The Morgan fingerprint density at radius 2 is 1.89 bits per heavy atom. The SMILES string of the molecule is COc1cc(C)ccc1SNC(=O)C(c1cc(OC)c2c(c1)OCO2)c1cn(C)c2cc(C=O)ccc12. The third-order valence-corrected chi connectivity index (χ3v) is 7.21. The molecule has 0 radical (unpaired) electrons. The average Bonchev–Trinajstić information content (AvgIpc) is 3.51. The van der Waals surface area contributed by atoms with Gasteiger partial charge in [0.25, 0.3) is 0 Å². The highest BCUT2D eigenvalue weighted by molar-refractivity contribution is 7.98. The lowest BCUT2D eigenvalue weighted by Gasteiger charge is -2.19. The van der Waals surface area contributed by atoms with E-state index in [0.717, 1.165) is 33.2 Å². The highest BCUT2D eigenvalue weighted by Crippen LogP contribution is 2.45. The summed E-state index contributed by atoms with van der Waals surface area (Å²) in [6.07, 6.45) is 2.72. The summed E-state index contributed by atoms with van der Waals surface area (Å²) in [5.74, 6) is 1.25. The summed E-state index contributed by atoms with van der Waals surface area (Å²) < 4.78 is 27.2. The molecule has 1 aromatic heterocycles. The molecule has 0 fully saturated rings. The molecule has 4 aromatic rings. The Kier molecular flexibility index (Phi) is 6.71. The van der Waals surface area contributed by atoms with Crippen LogP contribution in [0.2, 0.25) is 0 Å². The molecule has 2 heterocycles. The molecule has 9 heteroatoms. The number of aromatic nitrogens is 1. The van der Waals surface area contributed by atoms with Crippen LogP contribution in [-0.2, 0) is 11.8 Å². The van der Waals surface area contributed by atoms with Crippen LogP contribution in [0.1, 0.15) is 33.0 Å². The maximum atomic E-state index is 13.9. The van der Waals surface area contributed by atoms with Crippen LogP contribution < -0.4 is 23.7 Å². The minimum absolute atomic E-state index is 0.0812. The number of amides is 1. The van der Waals surface area contributed by atoms with Gasteiger partial charge in [0.15, 0.2) is 11.5 Å². The summed E-state index contributed by atoms with van der Waals surface area (Å²) in [7, 11) is 5.04. The minimum Gasteiger partial charge on any atom is -0.496 e. The Labute approximate surface area is 218 Å². The molecule has 1 atom stereocenters. The van der Waals surface area contributed by atoms with E-state index in [9.17, 15) is 9.59 Å². The zero-order chi connectivity index (χ0) is 26.1. The molecule has 0 saturated carbocycles. The van der Waals surface area contributed by atoms with Crippen molar-refractivity contribution < 1.29 is 28.5 Å². The van der Waals surface area contributed by atoms with Gasteiger partial charge in [-0.05, 0) is 65.9 Å². The number of nitrogens with zero attached hydrogens (tertiary/aromatic N) is 1. The molecular formula is C28H26N2O6S. The van der Waals surface area contributed by atoms with Crippen LogP contribution in [-0.4, -0.2) is 37.8 Å². The van der Waals surface area contributed by atoms with E-state index in [-0.39, 0.29) is 12.7 Å². The Morgan fingerprint density at radius 3 is 2.65 bits per heavy atom. The summed E-state index contributed by atoms with van der Waals surface area (Å²) in [4.78, 5) is 26.1. The largest absolute Gasteiger partial charge is 0.496 e. The molecule has 0 bridgehead atoms. The number of hydrogen-bond acceptors (Lipinski definition) is 7. The lowest BCUT2D eigenvalue weighted by molar-refractivity contribution is -0.119. The number of benzene rings is 3. The average molecular weight is 519 g/mol. The summed E-state index contributed by atoms with van der Waals surface area (Å²) in [6, 6.07) is 14.8. The van der Waals surface area contributed by atoms with Crippen molar-refractivity contribution >= 4 is 35.0 Å². The number of rotatable bonds is 8. The first-order valence-electron chi connectivity index (χ1n) is 11.6. The monoisotopic (exact) mass is 518 g/mol. The van der Waals surface area contributed by atoms with Crippen molar-refractivity contribution in [2.24, 2.45) is 7.05 Å². The van der Waals surface area contributed by atoms with Crippen LogP contribution in [0.3, 0.4) is 0 Å². The van der Waals surface area contributed by atoms with Crippen molar-refractivity contribution in [3.05, 3.63) is 77.0 Å². The zero-order valence-electron chi connectivity index (χ0n) is 20.9. The molecule has 1 aliphatic rings. The molecule has 1 aliphatic heterocycles. The van der Waals surface area contributed by atoms with E-state index in [1.54, 1.807) is 26.4 Å². The highest BCUT2D eigenvalue weighted by Gasteiger charge is 2.31. The van der Waals surface area contributed by atoms with Crippen LogP contribution in [0, 0.1) is 6.92 Å². The maximum absolute atomic E-state index is 13.9. The van der Waals surface area contributed by atoms with Gasteiger partial charge in [-0.25, -0.2) is 0 Å². The van der Waals surface area contributed by atoms with Crippen LogP contribution >= 0.6 is 11.9 Å². The van der Waals surface area contributed by atoms with E-state index in [4.69, 9.17) is 18.9 Å². The molecule has 5 rings (SSSR count). The fourth-order valence-electron chi connectivity index (χ4n) is 4.55. The number of ether oxygens (including phenoxy) is 4. The van der Waals surface area contributed by atoms with E-state index >= 15 is 0 Å². The zero-order valence-corrected chi connectivity index (χ0v) is 21.7. The Bertz CT molecular complexity index is 1510. The van der Waals surface area contributed by atoms with Gasteiger partial charge in [-0.3, -0.25) is 14.3 Å². The number of aryl methyl sites for hydroxylation is 2. The third-order valence-electron chi connectivity index (χ3n) is 6.35. The predicted octanol–water partition coefficient (Wildman–Crippen LogP) is 5.00. The van der Waals surface area contributed by atoms with Crippen LogP contribution in [0.25, 0.3) is 10.9 Å². The van der Waals surface area contributed by atoms with Gasteiger partial charge in [0, 0.05) is 29.7 Å². The number of fused-ring (bicyclic) bond motifs is 2. The normalized spacial score (nSPS) is 12.9. The minimum atomic E-state index is -0.710. The van der Waals surface area contributed by atoms with Crippen LogP contribution in [0.4, 0.5) is 0 Å². The summed E-state index contributed by atoms with van der Waals surface area (Å²) in [5, 5.41) is 0.864. The Balaban J connectivity index is 1.60. The van der Waals surface area contributed by atoms with Crippen molar-refractivity contribution in [1.29, 1.82) is 0 Å². The summed E-state index contributed by atoms with van der Waals surface area (Å²) in [5.41, 5.74) is 3.93. The Morgan fingerprint density at radius 1 is 1.08 bits per heavy atom. The number of nitrogens with one attached hydrogen (secondary N) is 1. The van der Waals surface area contributed by atoms with E-state index in [2.05, 4.69) is 4.72 Å². The maximum Gasteiger partial charge on any atom is 0.242 e. The fraction of sp³-hybridized carbons (Fsp3) is 0.214. The second kappa shape index (κ2) is 10.1. The standard InChI is InChI=1S/C28H26N2O6S/c1-16-5-8-25(22(9-16)33-3)37-29-28(32)26(18-11-23(34-4)27-24(12-18)35-15-36-27)20-13-30(2)21-10-17(14-31)6-7-19(20)21/h5-14,26H,15H2,1-4H3,(H,29,32).